The predicted octanol–water partition coefficient (Wildman–Crippen LogP) is 14.4. The summed E-state index contributed by atoms with van der Waals surface area (Å²) in [4.78, 5) is 13.0. The zero-order valence-corrected chi connectivity index (χ0v) is 45.2. The van der Waals surface area contributed by atoms with Crippen molar-refractivity contribution in [2.24, 2.45) is 0 Å². The molecule has 7 unspecified atom stereocenters. The molecule has 0 aromatic carbocycles. The van der Waals surface area contributed by atoms with Gasteiger partial charge in [0.15, 0.2) is 6.29 Å². The number of amides is 1. The van der Waals surface area contributed by atoms with E-state index in [0.717, 1.165) is 89.9 Å². The van der Waals surface area contributed by atoms with Crippen molar-refractivity contribution in [1.29, 1.82) is 0 Å². The third kappa shape index (κ3) is 40.2. The summed E-state index contributed by atoms with van der Waals surface area (Å²) < 4.78 is 11.2. The molecule has 0 bridgehead atoms. The van der Waals surface area contributed by atoms with Crippen LogP contribution in [0.3, 0.4) is 0 Å². The first-order valence-electron chi connectivity index (χ1n) is 29.0. The molecular weight excluding hydrogens is 887 g/mol. The SMILES string of the molecule is CC/C=C\C/C=C\C/C=C\C/C=C\C/C=C\CCCCCCCCCCCCCCCCCCCCCCCC(=O)NC(COC1OC(CO)C(O)C(O)C1O)C(O)/C=C/CC/C=C/CC/C=C/CCC. The third-order valence-electron chi connectivity index (χ3n) is 13.1. The molecule has 0 radical (unpaired) electrons. The lowest BCUT2D eigenvalue weighted by Crippen LogP contribution is -2.60. The molecule has 9 heteroatoms. The second-order valence-electron chi connectivity index (χ2n) is 19.7. The lowest BCUT2D eigenvalue weighted by atomic mass is 9.99. The van der Waals surface area contributed by atoms with E-state index in [4.69, 9.17) is 9.47 Å². The fourth-order valence-corrected chi connectivity index (χ4v) is 8.58. The van der Waals surface area contributed by atoms with E-state index < -0.39 is 49.5 Å². The van der Waals surface area contributed by atoms with Crippen molar-refractivity contribution in [1.82, 2.24) is 5.32 Å². The van der Waals surface area contributed by atoms with Crippen LogP contribution in [0.1, 0.15) is 232 Å². The van der Waals surface area contributed by atoms with Crippen molar-refractivity contribution in [2.45, 2.75) is 275 Å². The van der Waals surface area contributed by atoms with Crippen molar-refractivity contribution < 1.29 is 39.8 Å². The highest BCUT2D eigenvalue weighted by atomic mass is 16.7. The highest BCUT2D eigenvalue weighted by Crippen LogP contribution is 2.23. The van der Waals surface area contributed by atoms with Crippen LogP contribution in [0.15, 0.2) is 97.2 Å². The highest BCUT2D eigenvalue weighted by molar-refractivity contribution is 5.76. The van der Waals surface area contributed by atoms with Gasteiger partial charge in [0.25, 0.3) is 0 Å². The van der Waals surface area contributed by atoms with Crippen LogP contribution in [0, 0.1) is 0 Å². The summed E-state index contributed by atoms with van der Waals surface area (Å²) >= 11 is 0. The van der Waals surface area contributed by atoms with Crippen LogP contribution in [0.25, 0.3) is 0 Å². The zero-order valence-electron chi connectivity index (χ0n) is 45.2. The molecule has 1 aliphatic rings. The van der Waals surface area contributed by atoms with E-state index >= 15 is 0 Å². The van der Waals surface area contributed by atoms with Crippen molar-refractivity contribution in [3.05, 3.63) is 97.2 Å². The van der Waals surface area contributed by atoms with E-state index in [1.807, 2.05) is 6.08 Å². The number of rotatable bonds is 48. The summed E-state index contributed by atoms with van der Waals surface area (Å²) in [6, 6.07) is -0.829. The second-order valence-corrected chi connectivity index (χ2v) is 19.7. The minimum atomic E-state index is -1.58. The normalized spacial score (nSPS) is 20.0. The Morgan fingerprint density at radius 1 is 0.493 bits per heavy atom. The highest BCUT2D eigenvalue weighted by Gasteiger charge is 2.44. The van der Waals surface area contributed by atoms with Gasteiger partial charge >= 0.3 is 0 Å². The minimum Gasteiger partial charge on any atom is -0.394 e. The summed E-state index contributed by atoms with van der Waals surface area (Å²) in [6.45, 7) is 3.56. The van der Waals surface area contributed by atoms with Gasteiger partial charge in [0.2, 0.25) is 5.91 Å². The number of carbonyl (C=O) groups is 1. The molecular formula is C62H107NO8. The van der Waals surface area contributed by atoms with E-state index in [9.17, 15) is 30.3 Å². The molecule has 71 heavy (non-hydrogen) atoms. The van der Waals surface area contributed by atoms with Crippen molar-refractivity contribution in [3.63, 3.8) is 0 Å². The number of carbonyl (C=O) groups excluding carboxylic acids is 1. The standard InChI is InChI=1S/C62H107NO8/c1-3-5-7-9-11-13-15-16-17-18-19-20-21-22-23-24-25-26-27-28-29-30-31-32-33-34-35-36-37-38-39-40-42-44-46-48-50-52-58(66)63-55(54-70-62-61(69)60(68)59(67)57(53-64)71-62)56(65)51-49-47-45-43-41-14-12-10-8-6-4-2/h5,7-8,10-11,13,16-17,19-20,22-23,41,43,49,51,55-57,59-62,64-65,67-69H,3-4,6,9,12,14-15,18,21,24-40,42,44-48,50,52-54H2,1-2H3,(H,63,66)/b7-5-,10-8+,13-11-,17-16-,20-19-,23-22-,43-41+,51-49+. The molecule has 0 aliphatic carbocycles. The van der Waals surface area contributed by atoms with Gasteiger partial charge in [-0.25, -0.2) is 0 Å². The van der Waals surface area contributed by atoms with E-state index in [-0.39, 0.29) is 12.5 Å². The number of nitrogens with one attached hydrogen (secondary N) is 1. The Morgan fingerprint density at radius 2 is 0.887 bits per heavy atom. The molecule has 1 amide bonds. The van der Waals surface area contributed by atoms with Crippen LogP contribution in [-0.4, -0.2) is 87.5 Å². The van der Waals surface area contributed by atoms with Gasteiger partial charge in [-0.05, 0) is 83.5 Å². The van der Waals surface area contributed by atoms with Gasteiger partial charge in [-0.15, -0.1) is 0 Å². The Morgan fingerprint density at radius 3 is 1.34 bits per heavy atom. The molecule has 1 aliphatic heterocycles. The number of hydrogen-bond donors (Lipinski definition) is 6. The first-order chi connectivity index (χ1) is 34.8. The molecule has 0 aromatic rings. The van der Waals surface area contributed by atoms with Gasteiger partial charge < -0.3 is 40.3 Å². The molecule has 1 saturated heterocycles. The maximum absolute atomic E-state index is 13.0. The van der Waals surface area contributed by atoms with Crippen LogP contribution in [0.2, 0.25) is 0 Å². The number of aliphatic hydroxyl groups is 5. The van der Waals surface area contributed by atoms with Crippen molar-refractivity contribution in [3.8, 4) is 0 Å². The van der Waals surface area contributed by atoms with E-state index in [2.05, 4.69) is 104 Å². The molecule has 0 spiro atoms. The van der Waals surface area contributed by atoms with Gasteiger partial charge in [0, 0.05) is 6.42 Å². The first kappa shape index (κ1) is 66.1. The molecule has 408 valence electrons. The Hall–Kier alpha value is -2.89. The fourth-order valence-electron chi connectivity index (χ4n) is 8.58. The monoisotopic (exact) mass is 994 g/mol. The Kier molecular flexibility index (Phi) is 47.2. The van der Waals surface area contributed by atoms with Crippen LogP contribution < -0.4 is 5.32 Å². The molecule has 0 saturated carbocycles. The third-order valence-corrected chi connectivity index (χ3v) is 13.1. The van der Waals surface area contributed by atoms with E-state index in [1.165, 1.54) is 122 Å². The molecule has 9 nitrogen and oxygen atoms in total. The summed E-state index contributed by atoms with van der Waals surface area (Å²) in [5, 5.41) is 54.2. The van der Waals surface area contributed by atoms with Gasteiger partial charge in [-0.3, -0.25) is 4.79 Å². The van der Waals surface area contributed by atoms with Crippen LogP contribution in [0.5, 0.6) is 0 Å². The average molecular weight is 995 g/mol. The molecule has 7 atom stereocenters. The lowest BCUT2D eigenvalue weighted by molar-refractivity contribution is -0.302. The lowest BCUT2D eigenvalue weighted by Gasteiger charge is -2.40. The Balaban J connectivity index is 2.07. The van der Waals surface area contributed by atoms with Crippen LogP contribution >= 0.6 is 0 Å². The molecule has 1 heterocycles. The van der Waals surface area contributed by atoms with Crippen LogP contribution in [-0.2, 0) is 14.3 Å². The molecule has 6 N–H and O–H groups in total. The zero-order chi connectivity index (χ0) is 51.5. The van der Waals surface area contributed by atoms with E-state index in [1.54, 1.807) is 6.08 Å². The van der Waals surface area contributed by atoms with Crippen molar-refractivity contribution >= 4 is 5.91 Å². The summed E-state index contributed by atoms with van der Waals surface area (Å²) in [5.74, 6) is -0.193. The average Bonchev–Trinajstić information content (AvgIpc) is 3.37. The second kappa shape index (κ2) is 50.6. The predicted molar refractivity (Wildman–Crippen MR) is 299 cm³/mol. The van der Waals surface area contributed by atoms with Crippen LogP contribution in [0.4, 0.5) is 0 Å². The van der Waals surface area contributed by atoms with Gasteiger partial charge in [-0.2, -0.15) is 0 Å². The number of aliphatic hydroxyl groups excluding tert-OH is 5. The van der Waals surface area contributed by atoms with Gasteiger partial charge in [0.05, 0.1) is 25.4 Å². The number of ether oxygens (including phenoxy) is 2. The molecule has 1 rings (SSSR count). The fraction of sp³-hybridized carbons (Fsp3) is 0.726. The largest absolute Gasteiger partial charge is 0.394 e. The number of unbranched alkanes of at least 4 members (excludes halogenated alkanes) is 24. The molecule has 1 fully saturated rings. The summed E-state index contributed by atoms with van der Waals surface area (Å²) in [6.07, 6.45) is 66.5. The summed E-state index contributed by atoms with van der Waals surface area (Å²) in [5.41, 5.74) is 0. The maximum atomic E-state index is 13.0. The Bertz CT molecular complexity index is 1430. The minimum absolute atomic E-state index is 0.193. The topological polar surface area (TPSA) is 149 Å². The molecule has 0 aromatic heterocycles. The smallest absolute Gasteiger partial charge is 0.220 e. The number of allylic oxidation sites excluding steroid dienone is 15. The quantitative estimate of drug-likeness (QED) is 0.0261. The van der Waals surface area contributed by atoms with Gasteiger partial charge in [-0.1, -0.05) is 239 Å². The van der Waals surface area contributed by atoms with Gasteiger partial charge in [0.1, 0.15) is 24.4 Å². The Labute approximate surface area is 434 Å². The number of hydrogen-bond acceptors (Lipinski definition) is 8. The van der Waals surface area contributed by atoms with Crippen molar-refractivity contribution in [2.75, 3.05) is 13.2 Å². The first-order valence-corrected chi connectivity index (χ1v) is 29.0. The maximum Gasteiger partial charge on any atom is 0.220 e. The van der Waals surface area contributed by atoms with E-state index in [0.29, 0.717) is 6.42 Å². The summed E-state index contributed by atoms with van der Waals surface area (Å²) in [7, 11) is 0.